The van der Waals surface area contributed by atoms with Gasteiger partial charge >= 0.3 is 12.1 Å². The molecular weight excluding hydrogens is 532 g/mol. The third-order valence-electron chi connectivity index (χ3n) is 6.46. The second-order valence-electron chi connectivity index (χ2n) is 9.24. The summed E-state index contributed by atoms with van der Waals surface area (Å²) in [7, 11) is 0. The Morgan fingerprint density at radius 3 is 2.29 bits per heavy atom. The molecule has 0 radical (unpaired) electrons. The summed E-state index contributed by atoms with van der Waals surface area (Å²) in [5.74, 6) is -1.99. The van der Waals surface area contributed by atoms with Crippen molar-refractivity contribution < 1.29 is 33.8 Å². The van der Waals surface area contributed by atoms with Crippen molar-refractivity contribution >= 4 is 23.9 Å². The number of hydrogen-bond acceptors (Lipinski definition) is 8. The molecule has 13 nitrogen and oxygen atoms in total. The number of aromatic nitrogens is 3. The van der Waals surface area contributed by atoms with Gasteiger partial charge < -0.3 is 30.2 Å². The van der Waals surface area contributed by atoms with Crippen LogP contribution in [0.1, 0.15) is 30.3 Å². The highest BCUT2D eigenvalue weighted by molar-refractivity contribution is 5.97. The Bertz CT molecular complexity index is 1390. The maximum absolute atomic E-state index is 13.5. The van der Waals surface area contributed by atoms with Crippen molar-refractivity contribution in [2.45, 2.75) is 25.8 Å². The van der Waals surface area contributed by atoms with Gasteiger partial charge in [0, 0.05) is 55.9 Å². The molecule has 0 unspecified atom stereocenters. The molecule has 1 aromatic carbocycles. The summed E-state index contributed by atoms with van der Waals surface area (Å²) in [5, 5.41) is 23.5. The van der Waals surface area contributed by atoms with Gasteiger partial charge in [0.15, 0.2) is 18.2 Å². The topological polar surface area (TPSA) is 169 Å². The lowest BCUT2D eigenvalue weighted by Gasteiger charge is -2.35. The summed E-state index contributed by atoms with van der Waals surface area (Å²) < 4.78 is 5.64. The number of pyridine rings is 1. The average Bonchev–Trinajstić information content (AvgIpc) is 2.99. The number of carboxylic acid groups (broad SMARTS) is 1. The predicted octanol–water partition coefficient (Wildman–Crippen LogP) is 1.71. The van der Waals surface area contributed by atoms with E-state index < -0.39 is 29.9 Å². The number of nitrogens with one attached hydrogen (secondary N) is 1. The zero-order valence-corrected chi connectivity index (χ0v) is 22.4. The van der Waals surface area contributed by atoms with E-state index in [0.717, 1.165) is 0 Å². The molecular formula is C28H30N6O7. The van der Waals surface area contributed by atoms with Crippen LogP contribution in [0.3, 0.4) is 0 Å². The highest BCUT2D eigenvalue weighted by Crippen LogP contribution is 2.22. The van der Waals surface area contributed by atoms with E-state index >= 15 is 0 Å². The van der Waals surface area contributed by atoms with E-state index in [1.807, 2.05) is 6.07 Å². The first-order chi connectivity index (χ1) is 19.7. The number of ether oxygens (including phenoxy) is 1. The molecule has 3 aromatic rings. The smallest absolute Gasteiger partial charge is 0.409 e. The first-order valence-corrected chi connectivity index (χ1v) is 13.1. The third kappa shape index (κ3) is 7.53. The maximum atomic E-state index is 13.5. The fourth-order valence-electron chi connectivity index (χ4n) is 4.31. The Kier molecular flexibility index (Phi) is 9.40. The van der Waals surface area contributed by atoms with Crippen molar-refractivity contribution in [2.24, 2.45) is 0 Å². The van der Waals surface area contributed by atoms with E-state index in [-0.39, 0.29) is 57.1 Å². The van der Waals surface area contributed by atoms with Gasteiger partial charge in [0.2, 0.25) is 5.91 Å². The van der Waals surface area contributed by atoms with Crippen molar-refractivity contribution in [3.8, 4) is 22.6 Å². The number of carbonyl (C=O) groups excluding carboxylic acids is 3. The van der Waals surface area contributed by atoms with Crippen molar-refractivity contribution in [3.05, 3.63) is 71.8 Å². The van der Waals surface area contributed by atoms with Gasteiger partial charge in [-0.15, -0.1) is 0 Å². The molecule has 3 heterocycles. The summed E-state index contributed by atoms with van der Waals surface area (Å²) in [6.45, 7) is 2.86. The fourth-order valence-corrected chi connectivity index (χ4v) is 4.31. The summed E-state index contributed by atoms with van der Waals surface area (Å²) in [4.78, 5) is 62.2. The SMILES string of the molecule is CCOC(=O)N1CCN(C(=O)[C@H](CCC(=O)O)NC(=O)c2cc(-c3cc[n+]([O-])cc3)nc(-c3ccccc3)n2)CC1. The molecule has 0 spiro atoms. The van der Waals surface area contributed by atoms with E-state index in [9.17, 15) is 29.5 Å². The standard InChI is InChI=1S/C28H30N6O7/c1-2-41-28(39)33-16-14-32(15-17-33)27(38)21(8-9-24(35)36)31-26(37)23-18-22(19-10-12-34(40)13-11-19)29-25(30-23)20-6-4-3-5-7-20/h3-7,10-13,18,21H,2,8-9,14-17H2,1H3,(H,31,37)(H,35,36)/t21-/m0/s1. The quantitative estimate of drug-likeness (QED) is 0.291. The molecule has 1 fully saturated rings. The van der Waals surface area contributed by atoms with Crippen LogP contribution in [0.5, 0.6) is 0 Å². The number of piperazine rings is 1. The molecule has 13 heteroatoms. The van der Waals surface area contributed by atoms with Crippen LogP contribution in [0.4, 0.5) is 4.79 Å². The van der Waals surface area contributed by atoms with Gasteiger partial charge in [-0.25, -0.2) is 14.8 Å². The second-order valence-corrected chi connectivity index (χ2v) is 9.24. The van der Waals surface area contributed by atoms with Crippen LogP contribution in [0.25, 0.3) is 22.6 Å². The van der Waals surface area contributed by atoms with E-state index in [2.05, 4.69) is 15.3 Å². The molecule has 214 valence electrons. The number of benzene rings is 1. The normalized spacial score (nSPS) is 13.8. The van der Waals surface area contributed by atoms with Gasteiger partial charge in [0.1, 0.15) is 11.7 Å². The monoisotopic (exact) mass is 562 g/mol. The Labute approximate surface area is 236 Å². The lowest BCUT2D eigenvalue weighted by atomic mass is 10.1. The van der Waals surface area contributed by atoms with Crippen LogP contribution in [0.2, 0.25) is 0 Å². The lowest BCUT2D eigenvalue weighted by molar-refractivity contribution is -0.605. The molecule has 0 saturated carbocycles. The number of carboxylic acids is 1. The van der Waals surface area contributed by atoms with Crippen molar-refractivity contribution in [1.29, 1.82) is 0 Å². The third-order valence-corrected chi connectivity index (χ3v) is 6.46. The summed E-state index contributed by atoms with van der Waals surface area (Å²) >= 11 is 0. The van der Waals surface area contributed by atoms with Gasteiger partial charge in [-0.2, -0.15) is 4.73 Å². The zero-order chi connectivity index (χ0) is 29.4. The summed E-state index contributed by atoms with van der Waals surface area (Å²) in [6, 6.07) is 12.4. The minimum absolute atomic E-state index is 0.0343. The Balaban J connectivity index is 1.58. The molecule has 1 aliphatic heterocycles. The minimum Gasteiger partial charge on any atom is -0.619 e. The Morgan fingerprint density at radius 1 is 1.00 bits per heavy atom. The van der Waals surface area contributed by atoms with Gasteiger partial charge in [0.05, 0.1) is 12.3 Å². The summed E-state index contributed by atoms with van der Waals surface area (Å²) in [6.07, 6.45) is 1.67. The summed E-state index contributed by atoms with van der Waals surface area (Å²) in [5.41, 5.74) is 1.57. The largest absolute Gasteiger partial charge is 0.619 e. The molecule has 3 amide bonds. The van der Waals surface area contributed by atoms with E-state index in [0.29, 0.717) is 21.6 Å². The van der Waals surface area contributed by atoms with Crippen LogP contribution in [0.15, 0.2) is 60.9 Å². The number of nitrogens with zero attached hydrogens (tertiary/aromatic N) is 5. The molecule has 1 saturated heterocycles. The fraction of sp³-hybridized carbons (Fsp3) is 0.321. The molecule has 0 bridgehead atoms. The molecule has 41 heavy (non-hydrogen) atoms. The Morgan fingerprint density at radius 2 is 1.66 bits per heavy atom. The number of carbonyl (C=O) groups is 4. The van der Waals surface area contributed by atoms with Gasteiger partial charge in [0.25, 0.3) is 5.91 Å². The molecule has 2 aromatic heterocycles. The molecule has 1 aliphatic rings. The number of hydrogen-bond donors (Lipinski definition) is 2. The van der Waals surface area contributed by atoms with Crippen molar-refractivity contribution in [1.82, 2.24) is 25.1 Å². The number of amides is 3. The molecule has 2 N–H and O–H groups in total. The zero-order valence-electron chi connectivity index (χ0n) is 22.4. The van der Waals surface area contributed by atoms with Gasteiger partial charge in [-0.1, -0.05) is 30.3 Å². The second kappa shape index (κ2) is 13.3. The van der Waals surface area contributed by atoms with Crippen molar-refractivity contribution in [3.63, 3.8) is 0 Å². The van der Waals surface area contributed by atoms with Crippen molar-refractivity contribution in [2.75, 3.05) is 32.8 Å². The van der Waals surface area contributed by atoms with Gasteiger partial charge in [-0.05, 0) is 19.4 Å². The Hall–Kier alpha value is -5.07. The van der Waals surface area contributed by atoms with Crippen LogP contribution in [-0.4, -0.2) is 87.6 Å². The highest BCUT2D eigenvalue weighted by atomic mass is 16.6. The molecule has 0 aliphatic carbocycles. The highest BCUT2D eigenvalue weighted by Gasteiger charge is 2.31. The van der Waals surface area contributed by atoms with E-state index in [4.69, 9.17) is 4.74 Å². The first kappa shape index (κ1) is 28.9. The van der Waals surface area contributed by atoms with Crippen LogP contribution < -0.4 is 10.0 Å². The predicted molar refractivity (Wildman–Crippen MR) is 145 cm³/mol. The number of aliphatic carboxylic acids is 1. The maximum Gasteiger partial charge on any atom is 0.409 e. The molecule has 4 rings (SSSR count). The minimum atomic E-state index is -1.14. The molecule has 1 atom stereocenters. The first-order valence-electron chi connectivity index (χ1n) is 13.1. The van der Waals surface area contributed by atoms with E-state index in [1.165, 1.54) is 28.3 Å². The van der Waals surface area contributed by atoms with Crippen LogP contribution >= 0.6 is 0 Å². The van der Waals surface area contributed by atoms with E-state index in [1.54, 1.807) is 43.3 Å². The van der Waals surface area contributed by atoms with Crippen LogP contribution in [-0.2, 0) is 14.3 Å². The van der Waals surface area contributed by atoms with Gasteiger partial charge in [-0.3, -0.25) is 14.4 Å². The average molecular weight is 563 g/mol. The number of rotatable bonds is 9. The lowest BCUT2D eigenvalue weighted by Crippen LogP contribution is -2.56. The van der Waals surface area contributed by atoms with Crippen LogP contribution in [0, 0.1) is 5.21 Å².